The summed E-state index contributed by atoms with van der Waals surface area (Å²) in [6.45, 7) is 20.1. The number of hydrogen-bond acceptors (Lipinski definition) is 28. The molecule has 0 radical (unpaired) electrons. The number of H-pyrrole nitrogens is 2. The van der Waals surface area contributed by atoms with Crippen molar-refractivity contribution in [2.75, 3.05) is 63.7 Å². The van der Waals surface area contributed by atoms with Gasteiger partial charge in [0.15, 0.2) is 86.6 Å². The number of aromatic nitrogens is 12. The maximum atomic E-state index is 12.7. The van der Waals surface area contributed by atoms with Crippen molar-refractivity contribution in [2.45, 2.75) is 192 Å². The van der Waals surface area contributed by atoms with E-state index in [0.717, 1.165) is 32.1 Å². The van der Waals surface area contributed by atoms with Crippen molar-refractivity contribution in [1.82, 2.24) is 58.1 Å². The molecule has 10 heterocycles. The number of carbonyl (C=O) groups excluding carboxylic acids is 2. The Kier molecular flexibility index (Phi) is 35.0. The van der Waals surface area contributed by atoms with Gasteiger partial charge >= 0.3 is 11.4 Å². The van der Waals surface area contributed by atoms with E-state index >= 15 is 0 Å². The van der Waals surface area contributed by atoms with E-state index in [2.05, 4.69) is 70.4 Å². The van der Waals surface area contributed by atoms with Crippen LogP contribution in [0.25, 0.3) is 22.3 Å². The molecule has 2 aromatic carbocycles. The number of aryl methyl sites for hydroxylation is 2. The third kappa shape index (κ3) is 24.8. The number of rotatable bonds is 32. The van der Waals surface area contributed by atoms with E-state index in [9.17, 15) is 28.8 Å². The van der Waals surface area contributed by atoms with Crippen LogP contribution in [-0.2, 0) is 55.1 Å². The first-order valence-electron chi connectivity index (χ1n) is 37.1. The van der Waals surface area contributed by atoms with Crippen molar-refractivity contribution in [3.8, 4) is 24.3 Å². The van der Waals surface area contributed by atoms with Gasteiger partial charge in [-0.1, -0.05) is 64.1 Å². The standard InChI is InChI=1S/C22H25N6O4P.C21H25N4O5P.C16H22N5O4P.C15H22N3O5P/c1-3-16-12-17(32-33(2)30-11-7-10-23)22(31-16)28-14-26-18-19(24-13-25-20(18)28)27-21(29)15-8-5-4-6-9-15;1-3-16-14-17(30-31(2)28-13-7-11-22)20(29-16)25-12-10-18(24-21(25)27)23-19(26)15-8-5-4-6-9-15;1-4-11-8-12(25-26(3)23-7-5-6-17)16(24-11)21-9-18-13-14(21)19-10(2)20-15(13)22;1-4-11-8-12(23-24(3)21-7-5-6-16)14(22-11)18-9-10(2)13(19)17-15(18)20/h4-6,8-9,13-14,16-17,22H,3,7,11-12H2,1-2H3,(H,24,25,27,29);4-6,8-10,12,16-17,20H,3,7,13-14H2,1-2H3,(H,23,24,26,27);9,11-12,16H,4-5,7-8H2,1-3H3,(H,19,20,22);9,11-12,14H,4-5,7-8H2,1-3H3,(H,17,19,20)/t16-,17+,22-,33?;16-,17+,20-,31?;11-,12+,16-,26?;11-,12+,14-,24?/m1111/s1. The van der Waals surface area contributed by atoms with Crippen LogP contribution in [0.2, 0.25) is 0 Å². The molecule has 4 saturated heterocycles. The second-order valence-electron chi connectivity index (χ2n) is 26.1. The molecule has 16 atom stereocenters. The van der Waals surface area contributed by atoms with Gasteiger partial charge in [0.05, 0.1) is 113 Å². The van der Waals surface area contributed by atoms with Crippen LogP contribution in [0.5, 0.6) is 0 Å². The molecule has 36 nitrogen and oxygen atoms in total. The summed E-state index contributed by atoms with van der Waals surface area (Å²) >= 11 is 0. The second kappa shape index (κ2) is 44.8. The lowest BCUT2D eigenvalue weighted by Crippen LogP contribution is -2.36. The van der Waals surface area contributed by atoms with Gasteiger partial charge in [-0.15, -0.1) is 0 Å². The molecule has 0 saturated carbocycles. The number of imidazole rings is 2. The van der Waals surface area contributed by atoms with Crippen LogP contribution in [0, 0.1) is 59.2 Å². The van der Waals surface area contributed by atoms with E-state index in [-0.39, 0.29) is 84.0 Å². The number of carbonyl (C=O) groups is 2. The highest BCUT2D eigenvalue weighted by Crippen LogP contribution is 2.48. The van der Waals surface area contributed by atoms with Gasteiger partial charge in [0.2, 0.25) is 0 Å². The van der Waals surface area contributed by atoms with E-state index in [0.29, 0.717) is 110 Å². The first kappa shape index (κ1) is 89.0. The molecule has 608 valence electrons. The monoisotopic (exact) mass is 1650 g/mol. The molecule has 4 aliphatic rings. The molecule has 114 heavy (non-hydrogen) atoms. The van der Waals surface area contributed by atoms with Crippen LogP contribution < -0.4 is 33.1 Å². The van der Waals surface area contributed by atoms with E-state index in [1.807, 2.05) is 75.4 Å². The number of amides is 2. The molecule has 0 aliphatic carbocycles. The minimum absolute atomic E-state index is 0.0263. The maximum absolute atomic E-state index is 12.7. The highest BCUT2D eigenvalue weighted by molar-refractivity contribution is 7.47. The van der Waals surface area contributed by atoms with Gasteiger partial charge in [-0.3, -0.25) is 42.4 Å². The normalized spacial score (nSPS) is 22.6. The summed E-state index contributed by atoms with van der Waals surface area (Å²) in [4.78, 5) is 104. The first-order chi connectivity index (χ1) is 55.1. The van der Waals surface area contributed by atoms with Gasteiger partial charge in [0.25, 0.3) is 22.9 Å². The zero-order valence-corrected chi connectivity index (χ0v) is 68.5. The molecular formula is C74H94N18O18P4. The third-order valence-electron chi connectivity index (χ3n) is 18.0. The molecule has 4 unspecified atom stereocenters. The molecule has 4 N–H and O–H groups in total. The van der Waals surface area contributed by atoms with E-state index in [1.165, 1.54) is 21.7 Å². The lowest BCUT2D eigenvalue weighted by atomic mass is 10.1. The lowest BCUT2D eigenvalue weighted by molar-refractivity contribution is -0.0344. The molecule has 4 fully saturated rings. The highest BCUT2D eigenvalue weighted by atomic mass is 31.2. The average Bonchev–Trinajstić information content (AvgIpc) is 1.63. The summed E-state index contributed by atoms with van der Waals surface area (Å²) in [5.41, 5.74) is 1.44. The molecule has 0 bridgehead atoms. The van der Waals surface area contributed by atoms with Crippen molar-refractivity contribution in [3.63, 3.8) is 0 Å². The van der Waals surface area contributed by atoms with Gasteiger partial charge in [-0.2, -0.15) is 26.0 Å². The summed E-state index contributed by atoms with van der Waals surface area (Å²) < 4.78 is 77.1. The summed E-state index contributed by atoms with van der Waals surface area (Å²) in [5, 5.41) is 40.0. The topological polar surface area (TPSA) is 461 Å². The van der Waals surface area contributed by atoms with Crippen LogP contribution in [0.4, 0.5) is 11.6 Å². The van der Waals surface area contributed by atoms with E-state index in [1.54, 1.807) is 91.9 Å². The summed E-state index contributed by atoms with van der Waals surface area (Å²) in [6, 6.07) is 27.3. The molecule has 6 aromatic heterocycles. The van der Waals surface area contributed by atoms with Crippen molar-refractivity contribution >= 4 is 79.3 Å². The van der Waals surface area contributed by atoms with Crippen LogP contribution in [-0.4, -0.2) is 172 Å². The fraction of sp³-hybridized carbons (Fsp3) is 0.514. The molecule has 8 aromatic rings. The van der Waals surface area contributed by atoms with Gasteiger partial charge in [0, 0.05) is 81.4 Å². The molecule has 40 heteroatoms. The number of benzene rings is 2. The minimum Gasteiger partial charge on any atom is -0.352 e. The maximum Gasteiger partial charge on any atom is 0.351 e. The Morgan fingerprint density at radius 2 is 0.904 bits per heavy atom. The Hall–Kier alpha value is -8.96. The minimum atomic E-state index is -1.22. The molecular weight excluding hydrogens is 1550 g/mol. The smallest absolute Gasteiger partial charge is 0.351 e. The largest absolute Gasteiger partial charge is 0.352 e. The van der Waals surface area contributed by atoms with Crippen molar-refractivity contribution < 1.29 is 64.7 Å². The van der Waals surface area contributed by atoms with Gasteiger partial charge in [0.1, 0.15) is 42.4 Å². The number of hydrogen-bond donors (Lipinski definition) is 4. The number of nitriles is 4. The fourth-order valence-electron chi connectivity index (χ4n) is 12.4. The Balaban J connectivity index is 0.000000175. The van der Waals surface area contributed by atoms with Gasteiger partial charge in [-0.05, 0) is 69.9 Å². The number of fused-ring (bicyclic) bond motifs is 2. The summed E-state index contributed by atoms with van der Waals surface area (Å²) in [7, 11) is -4.72. The van der Waals surface area contributed by atoms with Crippen LogP contribution in [0.3, 0.4) is 0 Å². The Morgan fingerprint density at radius 1 is 0.500 bits per heavy atom. The van der Waals surface area contributed by atoms with Crippen LogP contribution >= 0.6 is 33.5 Å². The van der Waals surface area contributed by atoms with Crippen molar-refractivity contribution in [1.29, 1.82) is 21.0 Å². The molecule has 0 spiro atoms. The van der Waals surface area contributed by atoms with Crippen LogP contribution in [0.15, 0.2) is 117 Å². The summed E-state index contributed by atoms with van der Waals surface area (Å²) in [6.07, 6.45) is 11.5. The summed E-state index contributed by atoms with van der Waals surface area (Å²) in [5.74, 6) is 0.383. The molecule has 12 rings (SSSR count). The highest BCUT2D eigenvalue weighted by Gasteiger charge is 2.43. The molecule has 4 aliphatic heterocycles. The third-order valence-corrected chi connectivity index (χ3v) is 22.5. The Bertz CT molecular complexity index is 4880. The molecule has 2 amide bonds. The number of nitrogens with zero attached hydrogens (tertiary/aromatic N) is 14. The number of nitrogens with one attached hydrogen (secondary N) is 4. The number of ether oxygens (including phenoxy) is 4. The SMILES string of the molecule is CC[C@@H]1C[C@H](OP(C)OCCC#N)[C@H](n2cc(C)c(=O)[nH]c2=O)O1.CC[C@@H]1C[C@H](OP(C)OCCC#N)[C@H](n2ccc(NC(=O)c3ccccc3)nc2=O)O1.CC[C@@H]1C[C@H](OP(C)OCCC#N)[C@H](n2cnc3c(=O)[nH]c(C)nc32)O1.CC[C@@H]1C[C@H](OP(C)OCCC#N)[C@H](n2cnc3c(NC(=O)c4ccccc4)ncnc32)O1. The van der Waals surface area contributed by atoms with E-state index < -0.39 is 75.4 Å². The Labute approximate surface area is 662 Å². The average molecular weight is 1650 g/mol. The zero-order valence-electron chi connectivity index (χ0n) is 64.9. The lowest BCUT2D eigenvalue weighted by Gasteiger charge is -2.23. The number of aromatic amines is 2. The second-order valence-corrected chi connectivity index (χ2v) is 31.5. The Morgan fingerprint density at radius 3 is 1.32 bits per heavy atom. The van der Waals surface area contributed by atoms with Crippen LogP contribution in [0.1, 0.15) is 162 Å². The predicted molar refractivity (Wildman–Crippen MR) is 422 cm³/mol. The van der Waals surface area contributed by atoms with Crippen molar-refractivity contribution in [2.24, 2.45) is 0 Å². The van der Waals surface area contributed by atoms with Gasteiger partial charge in [-0.25, -0.2) is 34.5 Å². The number of anilines is 2. The van der Waals surface area contributed by atoms with Crippen molar-refractivity contribution in [3.05, 3.63) is 162 Å². The van der Waals surface area contributed by atoms with E-state index in [4.69, 9.17) is 76.2 Å². The zero-order chi connectivity index (χ0) is 81.8. The van der Waals surface area contributed by atoms with Gasteiger partial charge < -0.3 is 70.8 Å². The fourth-order valence-corrected chi connectivity index (χ4v) is 16.3. The first-order valence-corrected chi connectivity index (χ1v) is 43.6. The predicted octanol–water partition coefficient (Wildman–Crippen LogP) is 11.7. The quantitative estimate of drug-likeness (QED) is 0.0225.